The van der Waals surface area contributed by atoms with Crippen molar-refractivity contribution >= 4 is 23.7 Å². The zero-order valence-corrected chi connectivity index (χ0v) is 13.0. The zero-order chi connectivity index (χ0) is 17.8. The molecule has 124 valence electrons. The molecule has 0 fully saturated rings. The van der Waals surface area contributed by atoms with Gasteiger partial charge >= 0.3 is 12.1 Å². The van der Waals surface area contributed by atoms with Crippen LogP contribution in [0.1, 0.15) is 11.4 Å². The summed E-state index contributed by atoms with van der Waals surface area (Å²) in [7, 11) is 0. The molecule has 0 radical (unpaired) electrons. The van der Waals surface area contributed by atoms with Crippen LogP contribution in [-0.2, 0) is 0 Å². The molecule has 0 spiro atoms. The number of rotatable bonds is 1. The first-order valence-corrected chi connectivity index (χ1v) is 6.45. The molecule has 0 aliphatic carbocycles. The Morgan fingerprint density at radius 3 is 1.74 bits per heavy atom. The molecule has 2 aromatic heterocycles. The van der Waals surface area contributed by atoms with Crippen LogP contribution >= 0.6 is 0 Å². The molecule has 0 aliphatic heterocycles. The molecule has 2 heterocycles. The minimum absolute atomic E-state index is 0.484. The van der Waals surface area contributed by atoms with Gasteiger partial charge in [0.25, 0.3) is 0 Å². The molecule has 23 heavy (non-hydrogen) atoms. The first-order valence-electron chi connectivity index (χ1n) is 6.45. The molecule has 2 rings (SSSR count). The lowest BCUT2D eigenvalue weighted by Gasteiger charge is -1.99. The van der Waals surface area contributed by atoms with Crippen molar-refractivity contribution in [2.24, 2.45) is 17.2 Å². The average Bonchev–Trinajstić information content (AvgIpc) is 2.37. The Morgan fingerprint density at radius 2 is 1.39 bits per heavy atom. The number of nitrogens with two attached hydrogens (primary N) is 4. The summed E-state index contributed by atoms with van der Waals surface area (Å²) >= 11 is 0. The molecule has 0 saturated heterocycles. The van der Waals surface area contributed by atoms with Gasteiger partial charge in [-0.1, -0.05) is 12.1 Å². The van der Waals surface area contributed by atoms with Crippen LogP contribution in [-0.4, -0.2) is 22.0 Å². The number of primary amides is 3. The summed E-state index contributed by atoms with van der Waals surface area (Å²) in [5.41, 5.74) is 20.5. The number of urea groups is 2. The van der Waals surface area contributed by atoms with Gasteiger partial charge in [-0.05, 0) is 38.1 Å². The Balaban J connectivity index is 0.000000354. The number of aromatic nitrogens is 2. The van der Waals surface area contributed by atoms with Crippen molar-refractivity contribution in [3.63, 3.8) is 0 Å². The van der Waals surface area contributed by atoms with Crippen molar-refractivity contribution < 1.29 is 9.59 Å². The number of hydrogen-bond acceptors (Lipinski definition) is 5. The van der Waals surface area contributed by atoms with Gasteiger partial charge in [0.1, 0.15) is 11.6 Å². The predicted octanol–water partition coefficient (Wildman–Crippen LogP) is 0.877. The minimum atomic E-state index is -0.833. The third-order valence-corrected chi connectivity index (χ3v) is 2.05. The summed E-state index contributed by atoms with van der Waals surface area (Å²) in [4.78, 5) is 27.3. The van der Waals surface area contributed by atoms with Gasteiger partial charge in [-0.15, -0.1) is 0 Å². The molecule has 0 unspecified atom stereocenters. The van der Waals surface area contributed by atoms with E-state index in [0.717, 1.165) is 11.4 Å². The van der Waals surface area contributed by atoms with Crippen LogP contribution in [0.3, 0.4) is 0 Å². The van der Waals surface area contributed by atoms with Crippen LogP contribution in [0.15, 0.2) is 36.4 Å². The van der Waals surface area contributed by atoms with Crippen molar-refractivity contribution in [3.05, 3.63) is 47.8 Å². The Kier molecular flexibility index (Phi) is 8.86. The lowest BCUT2D eigenvalue weighted by molar-refractivity contribution is 0.256. The Labute approximate surface area is 134 Å². The van der Waals surface area contributed by atoms with Crippen molar-refractivity contribution in [3.8, 4) is 0 Å². The standard InChI is InChI=1S/C7H9N3O.C6H8N2.CH4N2O/c1-5-3-2-4-6(9-5)10-7(8)11;1-5-3-2-4-6(7)8-5;2-1(3)4/h2-4H,1H3,(H3,8,9,10,11);2-4H,1H3,(H2,7,8);(H4,2,3,4). The van der Waals surface area contributed by atoms with E-state index in [9.17, 15) is 4.79 Å². The average molecular weight is 319 g/mol. The summed E-state index contributed by atoms with van der Waals surface area (Å²) in [5, 5.41) is 2.37. The van der Waals surface area contributed by atoms with E-state index in [1.54, 1.807) is 18.2 Å². The molecule has 0 aromatic carbocycles. The molecular formula is C14H21N7O2. The maximum Gasteiger partial charge on any atom is 0.317 e. The fourth-order valence-electron chi connectivity index (χ4n) is 1.30. The van der Waals surface area contributed by atoms with Crippen LogP contribution in [0.25, 0.3) is 0 Å². The second kappa shape index (κ2) is 10.4. The fourth-order valence-corrected chi connectivity index (χ4v) is 1.30. The van der Waals surface area contributed by atoms with Gasteiger partial charge in [0.05, 0.1) is 0 Å². The predicted molar refractivity (Wildman–Crippen MR) is 89.3 cm³/mol. The number of nitrogens with one attached hydrogen (secondary N) is 1. The topological polar surface area (TPSA) is 176 Å². The van der Waals surface area contributed by atoms with Gasteiger partial charge in [0, 0.05) is 11.4 Å². The quantitative estimate of drug-likeness (QED) is 0.523. The maximum atomic E-state index is 10.4. The lowest BCUT2D eigenvalue weighted by Crippen LogP contribution is -2.20. The molecule has 0 saturated carbocycles. The number of pyridine rings is 2. The molecule has 2 aromatic rings. The van der Waals surface area contributed by atoms with Crippen molar-refractivity contribution in [1.29, 1.82) is 0 Å². The number of nitrogen functional groups attached to an aromatic ring is 1. The summed E-state index contributed by atoms with van der Waals surface area (Å²) in [5.74, 6) is 1.07. The first kappa shape index (κ1) is 19.6. The van der Waals surface area contributed by atoms with Gasteiger partial charge in [-0.25, -0.2) is 19.6 Å². The number of hydrogen-bond donors (Lipinski definition) is 5. The molecule has 9 heteroatoms. The molecule has 0 aliphatic rings. The molecular weight excluding hydrogens is 298 g/mol. The van der Waals surface area contributed by atoms with Crippen molar-refractivity contribution in [2.75, 3.05) is 11.1 Å². The van der Waals surface area contributed by atoms with Crippen LogP contribution in [0.2, 0.25) is 0 Å². The van der Waals surface area contributed by atoms with E-state index in [0.29, 0.717) is 11.6 Å². The molecule has 4 amide bonds. The fraction of sp³-hybridized carbons (Fsp3) is 0.143. The normalized spacial score (nSPS) is 8.61. The van der Waals surface area contributed by atoms with Gasteiger partial charge in [0.2, 0.25) is 0 Å². The smallest absolute Gasteiger partial charge is 0.317 e. The number of carbonyl (C=O) groups excluding carboxylic acids is 2. The summed E-state index contributed by atoms with van der Waals surface area (Å²) in [6.07, 6.45) is 0. The van der Waals surface area contributed by atoms with Crippen LogP contribution < -0.4 is 28.3 Å². The Bertz CT molecular complexity index is 625. The highest BCUT2D eigenvalue weighted by Gasteiger charge is 1.95. The van der Waals surface area contributed by atoms with Crippen molar-refractivity contribution in [1.82, 2.24) is 9.97 Å². The first-order chi connectivity index (χ1) is 10.7. The van der Waals surface area contributed by atoms with E-state index in [2.05, 4.69) is 26.8 Å². The van der Waals surface area contributed by atoms with Gasteiger partial charge in [-0.2, -0.15) is 0 Å². The third kappa shape index (κ3) is 12.1. The minimum Gasteiger partial charge on any atom is -0.384 e. The summed E-state index contributed by atoms with van der Waals surface area (Å²) < 4.78 is 0. The van der Waals surface area contributed by atoms with Gasteiger partial charge < -0.3 is 22.9 Å². The number of anilines is 2. The molecule has 0 bridgehead atoms. The van der Waals surface area contributed by atoms with Crippen LogP contribution in [0.5, 0.6) is 0 Å². The van der Waals surface area contributed by atoms with Crippen LogP contribution in [0, 0.1) is 13.8 Å². The second-order valence-corrected chi connectivity index (χ2v) is 4.26. The SMILES string of the molecule is Cc1cccc(N)n1.Cc1cccc(NC(N)=O)n1.NC(N)=O. The highest BCUT2D eigenvalue weighted by Crippen LogP contribution is 2.02. The van der Waals surface area contributed by atoms with E-state index in [4.69, 9.17) is 16.3 Å². The number of aryl methyl sites for hydroxylation is 2. The van der Waals surface area contributed by atoms with E-state index >= 15 is 0 Å². The Hall–Kier alpha value is -3.36. The van der Waals surface area contributed by atoms with E-state index in [1.807, 2.05) is 32.0 Å². The second-order valence-electron chi connectivity index (χ2n) is 4.26. The number of nitrogens with zero attached hydrogens (tertiary/aromatic N) is 2. The molecule has 0 atom stereocenters. The van der Waals surface area contributed by atoms with E-state index in [-0.39, 0.29) is 0 Å². The van der Waals surface area contributed by atoms with Crippen LogP contribution in [0.4, 0.5) is 21.2 Å². The lowest BCUT2D eigenvalue weighted by atomic mass is 10.4. The zero-order valence-electron chi connectivity index (χ0n) is 13.0. The molecule has 9 nitrogen and oxygen atoms in total. The van der Waals surface area contributed by atoms with Crippen molar-refractivity contribution in [2.45, 2.75) is 13.8 Å². The van der Waals surface area contributed by atoms with E-state index < -0.39 is 12.1 Å². The maximum absolute atomic E-state index is 10.4. The number of carbonyl (C=O) groups is 2. The van der Waals surface area contributed by atoms with E-state index in [1.165, 1.54) is 0 Å². The monoisotopic (exact) mass is 319 g/mol. The highest BCUT2D eigenvalue weighted by molar-refractivity contribution is 5.86. The molecule has 9 N–H and O–H groups in total. The van der Waals surface area contributed by atoms with Gasteiger partial charge in [0.15, 0.2) is 0 Å². The largest absolute Gasteiger partial charge is 0.384 e. The number of amides is 4. The van der Waals surface area contributed by atoms with Gasteiger partial charge in [-0.3, -0.25) is 5.32 Å². The summed E-state index contributed by atoms with van der Waals surface area (Å²) in [6, 6.07) is 9.46. The third-order valence-electron chi connectivity index (χ3n) is 2.05. The Morgan fingerprint density at radius 1 is 0.913 bits per heavy atom. The highest BCUT2D eigenvalue weighted by atomic mass is 16.2. The summed E-state index contributed by atoms with van der Waals surface area (Å²) in [6.45, 7) is 3.75.